The lowest BCUT2D eigenvalue weighted by atomic mass is 10.1. The molecule has 2 aliphatic heterocycles. The number of H-pyrrole nitrogens is 1. The highest BCUT2D eigenvalue weighted by atomic mass is 127. The summed E-state index contributed by atoms with van der Waals surface area (Å²) in [5, 5.41) is 10.3. The number of nitrogens with one attached hydrogen (secondary N) is 1. The molecular weight excluding hydrogens is 518 g/mol. The molecule has 156 valence electrons. The van der Waals surface area contributed by atoms with Gasteiger partial charge in [-0.25, -0.2) is 9.36 Å². The normalized spacial score (nSPS) is 28.7. The summed E-state index contributed by atoms with van der Waals surface area (Å²) < 4.78 is 36.0. The summed E-state index contributed by atoms with van der Waals surface area (Å²) in [6.07, 6.45) is -1.16. The minimum absolute atomic E-state index is 0.0845. The summed E-state index contributed by atoms with van der Waals surface area (Å²) in [5.41, 5.74) is 0.609. The summed E-state index contributed by atoms with van der Waals surface area (Å²) in [4.78, 5) is 25.7. The zero-order valence-electron chi connectivity index (χ0n) is 15.2. The van der Waals surface area contributed by atoms with Crippen LogP contribution in [0.3, 0.4) is 0 Å². The van der Waals surface area contributed by atoms with Crippen molar-refractivity contribution in [1.29, 1.82) is 0 Å². The first-order chi connectivity index (χ1) is 13.8. The van der Waals surface area contributed by atoms with Crippen LogP contribution in [0, 0.1) is 10.5 Å². The molecule has 3 heterocycles. The molecule has 2 N–H and O–H groups in total. The first kappa shape index (κ1) is 20.8. The van der Waals surface area contributed by atoms with Crippen LogP contribution < -0.4 is 15.8 Å². The van der Waals surface area contributed by atoms with Gasteiger partial charge in [-0.15, -0.1) is 0 Å². The lowest BCUT2D eigenvalue weighted by Crippen LogP contribution is -2.33. The molecule has 10 nitrogen and oxygen atoms in total. The van der Waals surface area contributed by atoms with E-state index in [2.05, 4.69) is 4.98 Å². The number of ether oxygens (including phenoxy) is 1. The van der Waals surface area contributed by atoms with Crippen molar-refractivity contribution in [2.75, 3.05) is 6.61 Å². The second-order valence-corrected chi connectivity index (χ2v) is 9.49. The number of fused-ring (bicyclic) bond motifs is 1. The summed E-state index contributed by atoms with van der Waals surface area (Å²) in [7, 11) is -3.87. The van der Waals surface area contributed by atoms with E-state index in [-0.39, 0.29) is 19.6 Å². The molecule has 0 aliphatic carbocycles. The number of aromatic amines is 1. The molecule has 4 atom stereocenters. The molecule has 1 fully saturated rings. The third kappa shape index (κ3) is 4.21. The number of aromatic nitrogens is 2. The van der Waals surface area contributed by atoms with Crippen LogP contribution in [0.2, 0.25) is 0 Å². The van der Waals surface area contributed by atoms with E-state index in [9.17, 15) is 19.3 Å². The Labute approximate surface area is 178 Å². The third-order valence-corrected chi connectivity index (χ3v) is 6.88. The van der Waals surface area contributed by atoms with Crippen LogP contribution in [0.1, 0.15) is 23.8 Å². The summed E-state index contributed by atoms with van der Waals surface area (Å²) >= 11 is 1.80. The summed E-state index contributed by atoms with van der Waals surface area (Å²) in [6, 6.07) is 5.36. The minimum atomic E-state index is -3.87. The van der Waals surface area contributed by atoms with Gasteiger partial charge in [0.15, 0.2) is 0 Å². The maximum absolute atomic E-state index is 12.8. The molecule has 0 saturated carbocycles. The average molecular weight is 536 g/mol. The Morgan fingerprint density at radius 3 is 3.00 bits per heavy atom. The number of aliphatic hydroxyl groups is 1. The zero-order chi connectivity index (χ0) is 20.8. The largest absolute Gasteiger partial charge is 0.530 e. The van der Waals surface area contributed by atoms with Crippen molar-refractivity contribution in [2.45, 2.75) is 38.4 Å². The predicted octanol–water partition coefficient (Wildman–Crippen LogP) is 1.83. The predicted molar refractivity (Wildman–Crippen MR) is 109 cm³/mol. The van der Waals surface area contributed by atoms with Crippen LogP contribution in [0.15, 0.2) is 34.0 Å². The molecule has 1 aromatic heterocycles. The smallest absolute Gasteiger partial charge is 0.404 e. The van der Waals surface area contributed by atoms with Gasteiger partial charge in [-0.2, -0.15) is 0 Å². The van der Waals surface area contributed by atoms with Crippen molar-refractivity contribution < 1.29 is 28.0 Å². The molecule has 1 saturated heterocycles. The second kappa shape index (κ2) is 7.97. The molecule has 0 bridgehead atoms. The Kier molecular flexibility index (Phi) is 5.70. The standard InChI is InChI=1S/C17H18IN2O8P/c1-9-3-2-4-13-10(9)7-25-29(24,28-13)26-8-14-12(21)5-15(27-14)20-6-11(18)16(22)19-17(20)23/h2-4,6,12,14-15,21H,5,7-8H2,1H3,(H,19,22,23)/t12?,14-,15-,29?/m1/s1. The number of rotatable bonds is 4. The molecule has 29 heavy (non-hydrogen) atoms. The number of halogens is 1. The van der Waals surface area contributed by atoms with E-state index in [1.165, 1.54) is 10.8 Å². The van der Waals surface area contributed by atoms with E-state index in [1.807, 2.05) is 13.0 Å². The van der Waals surface area contributed by atoms with E-state index in [4.69, 9.17) is 18.3 Å². The van der Waals surface area contributed by atoms with E-state index < -0.39 is 37.5 Å². The number of phosphoric ester groups is 1. The lowest BCUT2D eigenvalue weighted by molar-refractivity contribution is -0.0469. The van der Waals surface area contributed by atoms with Crippen LogP contribution in [0.4, 0.5) is 0 Å². The molecule has 2 aromatic rings. The topological polar surface area (TPSA) is 129 Å². The molecule has 0 amide bonds. The molecule has 4 rings (SSSR count). The summed E-state index contributed by atoms with van der Waals surface area (Å²) in [6.45, 7) is 1.72. The molecule has 0 radical (unpaired) electrons. The maximum Gasteiger partial charge on any atom is 0.530 e. The quantitative estimate of drug-likeness (QED) is 0.448. The molecular formula is C17H18IN2O8P. The zero-order valence-corrected chi connectivity index (χ0v) is 18.3. The fourth-order valence-electron chi connectivity index (χ4n) is 3.18. The fraction of sp³-hybridized carbons (Fsp3) is 0.412. The molecule has 0 spiro atoms. The highest BCUT2D eigenvalue weighted by molar-refractivity contribution is 14.1. The van der Waals surface area contributed by atoms with Crippen molar-refractivity contribution in [3.05, 3.63) is 59.9 Å². The summed E-state index contributed by atoms with van der Waals surface area (Å²) in [5.74, 6) is 0.430. The van der Waals surface area contributed by atoms with Gasteiger partial charge in [0.05, 0.1) is 22.9 Å². The van der Waals surface area contributed by atoms with Crippen LogP contribution in [-0.2, 0) is 25.0 Å². The lowest BCUT2D eigenvalue weighted by Gasteiger charge is -2.26. The van der Waals surface area contributed by atoms with Crippen molar-refractivity contribution in [3.63, 3.8) is 0 Å². The van der Waals surface area contributed by atoms with Crippen molar-refractivity contribution in [3.8, 4) is 5.75 Å². The Bertz CT molecular complexity index is 1100. The van der Waals surface area contributed by atoms with Gasteiger partial charge < -0.3 is 14.4 Å². The van der Waals surface area contributed by atoms with Crippen LogP contribution in [-0.4, -0.2) is 33.5 Å². The SMILES string of the molecule is Cc1cccc2c1COP(=O)(OC[C@H]1O[C@@H](n3cc(I)c(=O)[nH]c3=O)CC1O)O2. The van der Waals surface area contributed by atoms with Gasteiger partial charge in [-0.3, -0.25) is 23.4 Å². The van der Waals surface area contributed by atoms with E-state index >= 15 is 0 Å². The fourth-order valence-corrected chi connectivity index (χ4v) is 4.82. The number of benzene rings is 1. The molecule has 12 heteroatoms. The van der Waals surface area contributed by atoms with E-state index in [1.54, 1.807) is 34.7 Å². The van der Waals surface area contributed by atoms with Gasteiger partial charge in [0.25, 0.3) is 5.56 Å². The van der Waals surface area contributed by atoms with Crippen LogP contribution in [0.5, 0.6) is 5.75 Å². The van der Waals surface area contributed by atoms with E-state index in [0.717, 1.165) is 11.1 Å². The molecule has 2 aliphatic rings. The first-order valence-corrected chi connectivity index (χ1v) is 11.3. The molecule has 2 unspecified atom stereocenters. The Morgan fingerprint density at radius 1 is 1.41 bits per heavy atom. The number of aliphatic hydroxyl groups excluding tert-OH is 1. The number of phosphoric acid groups is 1. The third-order valence-electron chi connectivity index (χ3n) is 4.78. The first-order valence-electron chi connectivity index (χ1n) is 8.77. The number of hydrogen-bond donors (Lipinski definition) is 2. The Balaban J connectivity index is 1.43. The second-order valence-electron chi connectivity index (χ2n) is 6.74. The highest BCUT2D eigenvalue weighted by Crippen LogP contribution is 2.55. The van der Waals surface area contributed by atoms with Gasteiger partial charge in [0.2, 0.25) is 0 Å². The van der Waals surface area contributed by atoms with Crippen molar-refractivity contribution in [1.82, 2.24) is 9.55 Å². The van der Waals surface area contributed by atoms with E-state index in [0.29, 0.717) is 9.32 Å². The Hall–Kier alpha value is -1.50. The number of hydrogen-bond acceptors (Lipinski definition) is 8. The average Bonchev–Trinajstić information content (AvgIpc) is 3.03. The van der Waals surface area contributed by atoms with Crippen LogP contribution >= 0.6 is 30.4 Å². The highest BCUT2D eigenvalue weighted by Gasteiger charge is 2.40. The van der Waals surface area contributed by atoms with Gasteiger partial charge in [-0.1, -0.05) is 12.1 Å². The van der Waals surface area contributed by atoms with Gasteiger partial charge in [0.1, 0.15) is 18.1 Å². The van der Waals surface area contributed by atoms with Crippen molar-refractivity contribution >= 4 is 30.4 Å². The minimum Gasteiger partial charge on any atom is -0.404 e. The number of aryl methyl sites for hydroxylation is 1. The number of nitrogens with zero attached hydrogens (tertiary/aromatic N) is 1. The van der Waals surface area contributed by atoms with Gasteiger partial charge >= 0.3 is 13.5 Å². The maximum atomic E-state index is 12.8. The van der Waals surface area contributed by atoms with Gasteiger partial charge in [-0.05, 0) is 41.1 Å². The Morgan fingerprint density at radius 2 is 2.21 bits per heavy atom. The van der Waals surface area contributed by atoms with Crippen LogP contribution in [0.25, 0.3) is 0 Å². The molecule has 1 aromatic carbocycles. The van der Waals surface area contributed by atoms with Crippen molar-refractivity contribution in [2.24, 2.45) is 0 Å². The monoisotopic (exact) mass is 536 g/mol. The van der Waals surface area contributed by atoms with Gasteiger partial charge in [0, 0.05) is 18.2 Å².